The largest absolute Gasteiger partial charge is 0.356 e. The maximum Gasteiger partial charge on any atom is 0.253 e. The van der Waals surface area contributed by atoms with Crippen molar-refractivity contribution in [1.82, 2.24) is 10.2 Å². The first kappa shape index (κ1) is 16.5. The van der Waals surface area contributed by atoms with E-state index in [2.05, 4.69) is 5.32 Å². The lowest BCUT2D eigenvalue weighted by atomic mass is 9.96. The summed E-state index contributed by atoms with van der Waals surface area (Å²) in [6, 6.07) is 9.32. The van der Waals surface area contributed by atoms with Crippen molar-refractivity contribution < 1.29 is 9.59 Å². The smallest absolute Gasteiger partial charge is 0.253 e. The van der Waals surface area contributed by atoms with Crippen molar-refractivity contribution in [2.45, 2.75) is 32.2 Å². The van der Waals surface area contributed by atoms with Gasteiger partial charge in [0.05, 0.1) is 5.92 Å². The first-order valence-corrected chi connectivity index (χ1v) is 7.95. The summed E-state index contributed by atoms with van der Waals surface area (Å²) < 4.78 is 0. The predicted molar refractivity (Wildman–Crippen MR) is 86.3 cm³/mol. The fourth-order valence-corrected chi connectivity index (χ4v) is 2.71. The molecule has 5 heteroatoms. The van der Waals surface area contributed by atoms with Gasteiger partial charge in [-0.3, -0.25) is 9.59 Å². The van der Waals surface area contributed by atoms with Crippen molar-refractivity contribution >= 4 is 11.8 Å². The second-order valence-corrected chi connectivity index (χ2v) is 6.01. The molecule has 0 aromatic heterocycles. The van der Waals surface area contributed by atoms with Crippen LogP contribution in [0.3, 0.4) is 0 Å². The Morgan fingerprint density at radius 3 is 2.77 bits per heavy atom. The second-order valence-electron chi connectivity index (χ2n) is 6.01. The third-order valence-electron chi connectivity index (χ3n) is 4.00. The van der Waals surface area contributed by atoms with Crippen LogP contribution in [0, 0.1) is 5.92 Å². The van der Waals surface area contributed by atoms with Gasteiger partial charge in [-0.1, -0.05) is 18.2 Å². The summed E-state index contributed by atoms with van der Waals surface area (Å²) in [4.78, 5) is 26.4. The zero-order valence-corrected chi connectivity index (χ0v) is 13.1. The highest BCUT2D eigenvalue weighted by Gasteiger charge is 2.28. The fraction of sp³-hybridized carbons (Fsp3) is 0.529. The van der Waals surface area contributed by atoms with E-state index in [1.54, 1.807) is 4.90 Å². The van der Waals surface area contributed by atoms with E-state index in [0.29, 0.717) is 18.7 Å². The Hall–Kier alpha value is -1.88. The average Bonchev–Trinajstić information content (AvgIpc) is 2.54. The minimum atomic E-state index is -0.116. The highest BCUT2D eigenvalue weighted by molar-refractivity contribution is 5.94. The summed E-state index contributed by atoms with van der Waals surface area (Å²) in [6.45, 7) is 3.74. The van der Waals surface area contributed by atoms with Crippen molar-refractivity contribution in [3.63, 3.8) is 0 Å². The molecule has 1 aliphatic rings. The van der Waals surface area contributed by atoms with Crippen LogP contribution >= 0.6 is 0 Å². The maximum absolute atomic E-state index is 12.4. The van der Waals surface area contributed by atoms with E-state index in [9.17, 15) is 9.59 Å². The molecule has 0 bridgehead atoms. The van der Waals surface area contributed by atoms with E-state index in [4.69, 9.17) is 5.73 Å². The lowest BCUT2D eigenvalue weighted by Gasteiger charge is -2.32. The standard InChI is InChI=1S/C17H25N3O2/c1-13(18)9-10-19-16(21)15-8-5-11-20(12-15)17(22)14-6-3-2-4-7-14/h2-4,6-7,13,15H,5,8-12,18H2,1H3,(H,19,21). The summed E-state index contributed by atoms with van der Waals surface area (Å²) in [5.41, 5.74) is 6.36. The molecule has 120 valence electrons. The number of likely N-dealkylation sites (tertiary alicyclic amines) is 1. The number of amides is 2. The van der Waals surface area contributed by atoms with Crippen molar-refractivity contribution in [2.75, 3.05) is 19.6 Å². The van der Waals surface area contributed by atoms with Crippen molar-refractivity contribution in [3.8, 4) is 0 Å². The number of hydrogen-bond donors (Lipinski definition) is 2. The molecule has 0 spiro atoms. The highest BCUT2D eigenvalue weighted by atomic mass is 16.2. The third kappa shape index (κ3) is 4.56. The zero-order valence-electron chi connectivity index (χ0n) is 13.1. The summed E-state index contributed by atoms with van der Waals surface area (Å²) in [5.74, 6) is -0.0746. The lowest BCUT2D eigenvalue weighted by molar-refractivity contribution is -0.126. The number of nitrogens with one attached hydrogen (secondary N) is 1. The van der Waals surface area contributed by atoms with Crippen molar-refractivity contribution in [3.05, 3.63) is 35.9 Å². The molecule has 1 heterocycles. The van der Waals surface area contributed by atoms with Gasteiger partial charge in [0.15, 0.2) is 0 Å². The van der Waals surface area contributed by atoms with E-state index in [1.165, 1.54) is 0 Å². The maximum atomic E-state index is 12.4. The highest BCUT2D eigenvalue weighted by Crippen LogP contribution is 2.18. The Kier molecular flexibility index (Phi) is 5.95. The predicted octanol–water partition coefficient (Wildman–Crippen LogP) is 1.39. The normalized spacial score (nSPS) is 19.5. The van der Waals surface area contributed by atoms with Crippen LogP contribution in [0.5, 0.6) is 0 Å². The number of nitrogens with two attached hydrogens (primary N) is 1. The first-order valence-electron chi connectivity index (χ1n) is 7.95. The van der Waals surface area contributed by atoms with Crippen LogP contribution < -0.4 is 11.1 Å². The van der Waals surface area contributed by atoms with E-state index in [-0.39, 0.29) is 23.8 Å². The van der Waals surface area contributed by atoms with Gasteiger partial charge in [-0.05, 0) is 38.3 Å². The van der Waals surface area contributed by atoms with Gasteiger partial charge in [-0.15, -0.1) is 0 Å². The Labute approximate surface area is 131 Å². The van der Waals surface area contributed by atoms with E-state index >= 15 is 0 Å². The van der Waals surface area contributed by atoms with Gasteiger partial charge in [0, 0.05) is 31.2 Å². The molecule has 0 saturated carbocycles. The van der Waals surface area contributed by atoms with E-state index in [0.717, 1.165) is 25.8 Å². The number of carbonyl (C=O) groups excluding carboxylic acids is 2. The van der Waals surface area contributed by atoms with Gasteiger partial charge in [-0.2, -0.15) is 0 Å². The Bertz CT molecular complexity index is 502. The Morgan fingerprint density at radius 2 is 2.09 bits per heavy atom. The van der Waals surface area contributed by atoms with E-state index in [1.807, 2.05) is 37.3 Å². The topological polar surface area (TPSA) is 75.4 Å². The third-order valence-corrected chi connectivity index (χ3v) is 4.00. The molecule has 2 rings (SSSR count). The molecule has 1 fully saturated rings. The van der Waals surface area contributed by atoms with Crippen LogP contribution in [0.4, 0.5) is 0 Å². The molecule has 3 N–H and O–H groups in total. The molecule has 2 unspecified atom stereocenters. The van der Waals surface area contributed by atoms with Gasteiger partial charge < -0.3 is 16.0 Å². The minimum absolute atomic E-state index is 0.00804. The van der Waals surface area contributed by atoms with Crippen molar-refractivity contribution in [1.29, 1.82) is 0 Å². The Balaban J connectivity index is 1.88. The monoisotopic (exact) mass is 303 g/mol. The van der Waals surface area contributed by atoms with Gasteiger partial charge >= 0.3 is 0 Å². The molecular weight excluding hydrogens is 278 g/mol. The van der Waals surface area contributed by atoms with Gasteiger partial charge in [-0.25, -0.2) is 0 Å². The molecule has 0 aliphatic carbocycles. The Morgan fingerprint density at radius 1 is 1.36 bits per heavy atom. The first-order chi connectivity index (χ1) is 10.6. The lowest BCUT2D eigenvalue weighted by Crippen LogP contribution is -2.45. The molecule has 2 amide bonds. The van der Waals surface area contributed by atoms with Crippen LogP contribution in [0.2, 0.25) is 0 Å². The number of benzene rings is 1. The SMILES string of the molecule is CC(N)CCNC(=O)C1CCCN(C(=O)c2ccccc2)C1. The summed E-state index contributed by atoms with van der Waals surface area (Å²) in [7, 11) is 0. The zero-order chi connectivity index (χ0) is 15.9. The number of piperidine rings is 1. The van der Waals surface area contributed by atoms with Gasteiger partial charge in [0.2, 0.25) is 5.91 Å². The molecule has 22 heavy (non-hydrogen) atoms. The molecule has 1 saturated heterocycles. The van der Waals surface area contributed by atoms with Crippen LogP contribution in [0.1, 0.15) is 36.5 Å². The molecule has 1 aliphatic heterocycles. The molecule has 0 radical (unpaired) electrons. The van der Waals surface area contributed by atoms with Crippen LogP contribution in [-0.2, 0) is 4.79 Å². The van der Waals surface area contributed by atoms with Gasteiger partial charge in [0.25, 0.3) is 5.91 Å². The number of nitrogens with zero attached hydrogens (tertiary/aromatic N) is 1. The second kappa shape index (κ2) is 7.94. The number of rotatable bonds is 5. The van der Waals surface area contributed by atoms with Gasteiger partial charge in [0.1, 0.15) is 0 Å². The minimum Gasteiger partial charge on any atom is -0.356 e. The quantitative estimate of drug-likeness (QED) is 0.863. The van der Waals surface area contributed by atoms with Crippen LogP contribution in [0.15, 0.2) is 30.3 Å². The summed E-state index contributed by atoms with van der Waals surface area (Å²) in [6.07, 6.45) is 2.47. The average molecular weight is 303 g/mol. The van der Waals surface area contributed by atoms with Crippen LogP contribution in [-0.4, -0.2) is 42.4 Å². The molecular formula is C17H25N3O2. The molecule has 1 aromatic carbocycles. The van der Waals surface area contributed by atoms with Crippen molar-refractivity contribution in [2.24, 2.45) is 11.7 Å². The summed E-state index contributed by atoms with van der Waals surface area (Å²) >= 11 is 0. The summed E-state index contributed by atoms with van der Waals surface area (Å²) in [5, 5.41) is 2.93. The van der Waals surface area contributed by atoms with E-state index < -0.39 is 0 Å². The molecule has 1 aromatic rings. The molecule has 2 atom stereocenters. The molecule has 5 nitrogen and oxygen atoms in total. The van der Waals surface area contributed by atoms with Crippen LogP contribution in [0.25, 0.3) is 0 Å². The number of carbonyl (C=O) groups is 2. The fourth-order valence-electron chi connectivity index (χ4n) is 2.71. The number of hydrogen-bond acceptors (Lipinski definition) is 3.